The van der Waals surface area contributed by atoms with Gasteiger partial charge in [0.05, 0.1) is 0 Å². The maximum Gasteiger partial charge on any atom is 0.256 e. The van der Waals surface area contributed by atoms with E-state index >= 15 is 0 Å². The summed E-state index contributed by atoms with van der Waals surface area (Å²) in [4.78, 5) is 30.2. The zero-order valence-corrected chi connectivity index (χ0v) is 10.6. The third-order valence-electron chi connectivity index (χ3n) is 2.75. The molecule has 0 fully saturated rings. The molecule has 98 valence electrons. The monoisotopic (exact) mass is 257 g/mol. The van der Waals surface area contributed by atoms with Gasteiger partial charge in [0.1, 0.15) is 5.56 Å². The molecule has 0 radical (unpaired) electrons. The topological polar surface area (TPSA) is 74.8 Å². The number of pyridine rings is 2. The van der Waals surface area contributed by atoms with Gasteiger partial charge < -0.3 is 10.3 Å². The van der Waals surface area contributed by atoms with Crippen LogP contribution in [0.2, 0.25) is 0 Å². The number of hydrogen-bond donors (Lipinski definition) is 2. The Hall–Kier alpha value is -2.43. The summed E-state index contributed by atoms with van der Waals surface area (Å²) >= 11 is 0. The van der Waals surface area contributed by atoms with E-state index < -0.39 is 0 Å². The zero-order chi connectivity index (χ0) is 13.7. The highest BCUT2D eigenvalue weighted by Crippen LogP contribution is 1.97. The molecule has 2 aromatic heterocycles. The number of nitrogens with one attached hydrogen (secondary N) is 2. The van der Waals surface area contributed by atoms with Crippen LogP contribution in [0.4, 0.5) is 0 Å². The number of amides is 1. The number of aromatic nitrogens is 2. The maximum atomic E-state index is 11.8. The average Bonchev–Trinajstić information content (AvgIpc) is 2.39. The fourth-order valence-corrected chi connectivity index (χ4v) is 1.72. The predicted octanol–water partition coefficient (Wildman–Crippen LogP) is 1.05. The van der Waals surface area contributed by atoms with Gasteiger partial charge in [-0.25, -0.2) is 0 Å². The molecule has 2 heterocycles. The lowest BCUT2D eigenvalue weighted by Crippen LogP contribution is -2.30. The Bertz CT molecular complexity index is 620. The van der Waals surface area contributed by atoms with Crippen molar-refractivity contribution in [2.24, 2.45) is 0 Å². The molecule has 19 heavy (non-hydrogen) atoms. The highest BCUT2D eigenvalue weighted by atomic mass is 16.2. The first-order chi connectivity index (χ1) is 9.16. The molecular formula is C14H15N3O2. The van der Waals surface area contributed by atoms with Gasteiger partial charge in [-0.1, -0.05) is 0 Å². The molecule has 0 bridgehead atoms. The first kappa shape index (κ1) is 13.0. The summed E-state index contributed by atoms with van der Waals surface area (Å²) < 4.78 is 0. The fraction of sp³-hybridized carbons (Fsp3) is 0.214. The van der Waals surface area contributed by atoms with Gasteiger partial charge in [-0.2, -0.15) is 0 Å². The first-order valence-corrected chi connectivity index (χ1v) is 6.03. The van der Waals surface area contributed by atoms with E-state index in [9.17, 15) is 9.59 Å². The molecule has 0 aliphatic heterocycles. The van der Waals surface area contributed by atoms with E-state index in [1.54, 1.807) is 19.3 Å². The maximum absolute atomic E-state index is 11.8. The van der Waals surface area contributed by atoms with Gasteiger partial charge in [-0.15, -0.1) is 0 Å². The molecular weight excluding hydrogens is 242 g/mol. The minimum Gasteiger partial charge on any atom is -0.364 e. The smallest absolute Gasteiger partial charge is 0.256 e. The average molecular weight is 257 g/mol. The van der Waals surface area contributed by atoms with Crippen molar-refractivity contribution in [2.75, 3.05) is 6.54 Å². The van der Waals surface area contributed by atoms with Gasteiger partial charge in [0.2, 0.25) is 0 Å². The van der Waals surface area contributed by atoms with Crippen molar-refractivity contribution in [1.82, 2.24) is 15.3 Å². The predicted molar refractivity (Wildman–Crippen MR) is 72.1 cm³/mol. The van der Waals surface area contributed by atoms with Gasteiger partial charge in [0, 0.05) is 36.9 Å². The van der Waals surface area contributed by atoms with Gasteiger partial charge in [-0.3, -0.25) is 14.6 Å². The molecule has 0 aliphatic carbocycles. The Labute approximate surface area is 110 Å². The highest BCUT2D eigenvalue weighted by molar-refractivity contribution is 5.93. The molecule has 2 aromatic rings. The fourth-order valence-electron chi connectivity index (χ4n) is 1.72. The molecule has 1 amide bonds. The van der Waals surface area contributed by atoms with Gasteiger partial charge >= 0.3 is 0 Å². The lowest BCUT2D eigenvalue weighted by molar-refractivity contribution is 0.0952. The third-order valence-corrected chi connectivity index (χ3v) is 2.75. The Morgan fingerprint density at radius 1 is 1.37 bits per heavy atom. The number of carbonyl (C=O) groups is 1. The lowest BCUT2D eigenvalue weighted by atomic mass is 10.2. The number of nitrogens with zero attached hydrogens (tertiary/aromatic N) is 1. The highest BCUT2D eigenvalue weighted by Gasteiger charge is 2.09. The Balaban J connectivity index is 1.93. The lowest BCUT2D eigenvalue weighted by Gasteiger charge is -2.05. The van der Waals surface area contributed by atoms with Crippen LogP contribution in [0.15, 0.2) is 41.6 Å². The van der Waals surface area contributed by atoms with Crippen LogP contribution in [0.25, 0.3) is 0 Å². The molecule has 0 aliphatic rings. The summed E-state index contributed by atoms with van der Waals surface area (Å²) in [5.41, 5.74) is 1.70. The van der Waals surface area contributed by atoms with E-state index in [1.165, 1.54) is 12.3 Å². The van der Waals surface area contributed by atoms with Crippen molar-refractivity contribution in [3.05, 3.63) is 63.8 Å². The van der Waals surface area contributed by atoms with Crippen molar-refractivity contribution < 1.29 is 4.79 Å². The van der Waals surface area contributed by atoms with Crippen molar-refractivity contribution in [1.29, 1.82) is 0 Å². The number of carbonyl (C=O) groups excluding carboxylic acids is 1. The quantitative estimate of drug-likeness (QED) is 0.859. The van der Waals surface area contributed by atoms with Crippen molar-refractivity contribution >= 4 is 5.91 Å². The van der Waals surface area contributed by atoms with Gasteiger partial charge in [0.15, 0.2) is 5.43 Å². The number of H-pyrrole nitrogens is 1. The number of rotatable bonds is 4. The summed E-state index contributed by atoms with van der Waals surface area (Å²) in [5.74, 6) is -0.352. The van der Waals surface area contributed by atoms with E-state index in [0.29, 0.717) is 13.0 Å². The first-order valence-electron chi connectivity index (χ1n) is 6.03. The van der Waals surface area contributed by atoms with Crippen molar-refractivity contribution in [3.63, 3.8) is 0 Å². The van der Waals surface area contributed by atoms with Gasteiger partial charge in [-0.05, 0) is 31.0 Å². The molecule has 2 rings (SSSR count). The number of aromatic amines is 1. The van der Waals surface area contributed by atoms with Crippen LogP contribution >= 0.6 is 0 Å². The normalized spacial score (nSPS) is 10.2. The molecule has 5 heteroatoms. The van der Waals surface area contributed by atoms with Crippen LogP contribution in [-0.2, 0) is 6.42 Å². The SMILES string of the molecule is Cc1cc(=O)c(C(=O)NCCc2ccncc2)c[nH]1. The molecule has 0 spiro atoms. The second-order valence-electron chi connectivity index (χ2n) is 4.26. The summed E-state index contributed by atoms with van der Waals surface area (Å²) in [5, 5.41) is 2.73. The summed E-state index contributed by atoms with van der Waals surface area (Å²) in [7, 11) is 0. The summed E-state index contributed by atoms with van der Waals surface area (Å²) in [6.07, 6.45) is 5.57. The van der Waals surface area contributed by atoms with Crippen molar-refractivity contribution in [2.45, 2.75) is 13.3 Å². The molecule has 5 nitrogen and oxygen atoms in total. The standard InChI is InChI=1S/C14H15N3O2/c1-10-8-13(18)12(9-17-10)14(19)16-7-4-11-2-5-15-6-3-11/h2-3,5-6,8-9H,4,7H2,1H3,(H,16,19)(H,17,18). The summed E-state index contributed by atoms with van der Waals surface area (Å²) in [6.45, 7) is 2.25. The van der Waals surface area contributed by atoms with Crippen LogP contribution in [0.3, 0.4) is 0 Å². The van der Waals surface area contributed by atoms with E-state index in [1.807, 2.05) is 12.1 Å². The minimum absolute atomic E-state index is 0.139. The molecule has 0 atom stereocenters. The third kappa shape index (κ3) is 3.51. The Morgan fingerprint density at radius 2 is 2.11 bits per heavy atom. The van der Waals surface area contributed by atoms with E-state index in [0.717, 1.165) is 11.3 Å². The van der Waals surface area contributed by atoms with Crippen LogP contribution in [0.5, 0.6) is 0 Å². The van der Waals surface area contributed by atoms with Crippen LogP contribution in [0, 0.1) is 6.92 Å². The number of hydrogen-bond acceptors (Lipinski definition) is 3. The van der Waals surface area contributed by atoms with E-state index in [-0.39, 0.29) is 16.9 Å². The van der Waals surface area contributed by atoms with Crippen LogP contribution in [-0.4, -0.2) is 22.4 Å². The van der Waals surface area contributed by atoms with E-state index in [4.69, 9.17) is 0 Å². The second-order valence-corrected chi connectivity index (χ2v) is 4.26. The largest absolute Gasteiger partial charge is 0.364 e. The van der Waals surface area contributed by atoms with Crippen molar-refractivity contribution in [3.8, 4) is 0 Å². The molecule has 0 saturated heterocycles. The molecule has 0 unspecified atom stereocenters. The molecule has 2 N–H and O–H groups in total. The zero-order valence-electron chi connectivity index (χ0n) is 10.6. The van der Waals surface area contributed by atoms with Crippen LogP contribution in [0.1, 0.15) is 21.6 Å². The molecule has 0 aromatic carbocycles. The Kier molecular flexibility index (Phi) is 4.07. The number of aryl methyl sites for hydroxylation is 1. The van der Waals surface area contributed by atoms with Crippen LogP contribution < -0.4 is 10.7 Å². The van der Waals surface area contributed by atoms with Gasteiger partial charge in [0.25, 0.3) is 5.91 Å². The molecule has 0 saturated carbocycles. The summed E-state index contributed by atoms with van der Waals surface area (Å²) in [6, 6.07) is 5.20. The minimum atomic E-state index is -0.352. The Morgan fingerprint density at radius 3 is 2.79 bits per heavy atom. The van der Waals surface area contributed by atoms with E-state index in [2.05, 4.69) is 15.3 Å². The second kappa shape index (κ2) is 5.95.